The van der Waals surface area contributed by atoms with Crippen LogP contribution in [0.15, 0.2) is 24.3 Å². The molecule has 10 heavy (non-hydrogen) atoms. The molecule has 0 saturated heterocycles. The largest absolute Gasteiger partial charge is 0.482 e. The lowest BCUT2D eigenvalue weighted by Crippen LogP contribution is -1.88. The lowest BCUT2D eigenvalue weighted by atomic mass is 10.3. The van der Waals surface area contributed by atoms with Crippen LogP contribution in [0.4, 0.5) is 5.69 Å². The molecule has 2 N–H and O–H groups in total. The molecule has 0 aromatic heterocycles. The van der Waals surface area contributed by atoms with Crippen LogP contribution in [0.25, 0.3) is 0 Å². The minimum Gasteiger partial charge on any atom is -0.482 e. The van der Waals surface area contributed by atoms with Crippen molar-refractivity contribution in [2.45, 2.75) is 0 Å². The molecule has 1 aromatic rings. The molecule has 0 aliphatic carbocycles. The van der Waals surface area contributed by atoms with E-state index in [2.05, 4.69) is 15.9 Å². The van der Waals surface area contributed by atoms with Gasteiger partial charge in [0.2, 0.25) is 0 Å². The van der Waals surface area contributed by atoms with E-state index in [0.29, 0.717) is 5.52 Å². The lowest BCUT2D eigenvalue weighted by Gasteiger charge is -2.00. The van der Waals surface area contributed by atoms with Gasteiger partial charge >= 0.3 is 0 Å². The predicted molar refractivity (Wildman–Crippen MR) is 45.3 cm³/mol. The molecule has 0 saturated carbocycles. The maximum absolute atomic E-state index is 5.46. The third kappa shape index (κ3) is 1.92. The number of benzene rings is 1. The van der Waals surface area contributed by atoms with Gasteiger partial charge < -0.3 is 10.5 Å². The highest BCUT2D eigenvalue weighted by Gasteiger charge is 1.88. The molecule has 1 aromatic carbocycles. The van der Waals surface area contributed by atoms with Crippen molar-refractivity contribution >= 4 is 21.6 Å². The topological polar surface area (TPSA) is 35.2 Å². The number of ether oxygens (including phenoxy) is 1. The first kappa shape index (κ1) is 7.41. The van der Waals surface area contributed by atoms with E-state index in [1.165, 1.54) is 0 Å². The number of alkyl halides is 1. The average molecular weight is 202 g/mol. The van der Waals surface area contributed by atoms with Crippen LogP contribution < -0.4 is 10.5 Å². The highest BCUT2D eigenvalue weighted by Crippen LogP contribution is 2.13. The van der Waals surface area contributed by atoms with Crippen LogP contribution in [0.3, 0.4) is 0 Å². The monoisotopic (exact) mass is 201 g/mol. The molecule has 0 radical (unpaired) electrons. The zero-order valence-electron chi connectivity index (χ0n) is 5.38. The maximum atomic E-state index is 5.46. The van der Waals surface area contributed by atoms with Gasteiger partial charge in [-0.25, -0.2) is 0 Å². The first-order valence-electron chi connectivity index (χ1n) is 2.87. The summed E-state index contributed by atoms with van der Waals surface area (Å²) in [7, 11) is 0. The summed E-state index contributed by atoms with van der Waals surface area (Å²) in [6.07, 6.45) is 0. The SMILES string of the molecule is Nc1ccc(OCBr)cc1. The second-order valence-electron chi connectivity index (χ2n) is 1.82. The van der Waals surface area contributed by atoms with Crippen molar-refractivity contribution in [2.24, 2.45) is 0 Å². The molecule has 0 unspecified atom stereocenters. The highest BCUT2D eigenvalue weighted by atomic mass is 79.9. The quantitative estimate of drug-likeness (QED) is 0.587. The van der Waals surface area contributed by atoms with Crippen LogP contribution in [0.2, 0.25) is 0 Å². The van der Waals surface area contributed by atoms with Crippen LogP contribution in [0.5, 0.6) is 5.75 Å². The van der Waals surface area contributed by atoms with E-state index in [0.717, 1.165) is 11.4 Å². The molecule has 2 nitrogen and oxygen atoms in total. The third-order valence-corrected chi connectivity index (χ3v) is 1.33. The summed E-state index contributed by atoms with van der Waals surface area (Å²) >= 11 is 3.15. The summed E-state index contributed by atoms with van der Waals surface area (Å²) in [5.41, 5.74) is 6.72. The summed E-state index contributed by atoms with van der Waals surface area (Å²) in [4.78, 5) is 0. The molecular formula is C7H8BrNO. The van der Waals surface area contributed by atoms with Gasteiger partial charge in [-0.3, -0.25) is 0 Å². The maximum Gasteiger partial charge on any atom is 0.143 e. The Bertz CT molecular complexity index is 197. The third-order valence-electron chi connectivity index (χ3n) is 1.10. The molecule has 54 valence electrons. The van der Waals surface area contributed by atoms with Crippen LogP contribution in [0, 0.1) is 0 Å². The van der Waals surface area contributed by atoms with Crippen LogP contribution in [0.1, 0.15) is 0 Å². The molecule has 3 heteroatoms. The number of nitrogens with two attached hydrogens (primary N) is 1. The first-order chi connectivity index (χ1) is 4.83. The number of hydrogen-bond acceptors (Lipinski definition) is 2. The summed E-state index contributed by atoms with van der Waals surface area (Å²) in [6, 6.07) is 7.27. The van der Waals surface area contributed by atoms with Crippen LogP contribution >= 0.6 is 15.9 Å². The standard InChI is InChI=1S/C7H8BrNO/c8-5-10-7-3-1-6(9)2-4-7/h1-4H,5,9H2. The minimum absolute atomic E-state index is 0.511. The normalized spacial score (nSPS) is 9.30. The van der Waals surface area contributed by atoms with Crippen molar-refractivity contribution in [2.75, 3.05) is 11.2 Å². The second-order valence-corrected chi connectivity index (χ2v) is 2.28. The van der Waals surface area contributed by atoms with Crippen molar-refractivity contribution in [3.63, 3.8) is 0 Å². The highest BCUT2D eigenvalue weighted by molar-refractivity contribution is 9.09. The number of halogens is 1. The molecule has 0 heterocycles. The average Bonchev–Trinajstić information content (AvgIpc) is 1.95. The fraction of sp³-hybridized carbons (Fsp3) is 0.143. The fourth-order valence-electron chi connectivity index (χ4n) is 0.627. The molecular weight excluding hydrogens is 194 g/mol. The van der Waals surface area contributed by atoms with Crippen molar-refractivity contribution in [3.8, 4) is 5.75 Å². The molecule has 0 atom stereocenters. The van der Waals surface area contributed by atoms with Gasteiger partial charge in [-0.1, -0.05) is 0 Å². The first-order valence-corrected chi connectivity index (χ1v) is 3.99. The van der Waals surface area contributed by atoms with Crippen LogP contribution in [-0.2, 0) is 0 Å². The van der Waals surface area contributed by atoms with Gasteiger partial charge in [0.1, 0.15) is 11.3 Å². The van der Waals surface area contributed by atoms with Gasteiger partial charge in [0.05, 0.1) is 0 Å². The predicted octanol–water partition coefficient (Wildman–Crippen LogP) is 2.00. The Morgan fingerprint density at radius 1 is 1.30 bits per heavy atom. The van der Waals surface area contributed by atoms with Crippen LogP contribution in [-0.4, -0.2) is 5.52 Å². The van der Waals surface area contributed by atoms with E-state index in [9.17, 15) is 0 Å². The molecule has 0 spiro atoms. The molecule has 0 aliphatic rings. The minimum atomic E-state index is 0.511. The van der Waals surface area contributed by atoms with Gasteiger partial charge in [-0.15, -0.1) is 0 Å². The molecule has 1 rings (SSSR count). The van der Waals surface area contributed by atoms with E-state index in [-0.39, 0.29) is 0 Å². The number of anilines is 1. The van der Waals surface area contributed by atoms with Gasteiger partial charge in [0, 0.05) is 5.69 Å². The van der Waals surface area contributed by atoms with E-state index in [1.807, 2.05) is 12.1 Å². The van der Waals surface area contributed by atoms with Gasteiger partial charge in [-0.2, -0.15) is 0 Å². The molecule has 0 fully saturated rings. The summed E-state index contributed by atoms with van der Waals surface area (Å²) in [6.45, 7) is 0. The van der Waals surface area contributed by atoms with Crippen molar-refractivity contribution in [1.82, 2.24) is 0 Å². The Labute approximate surface area is 68.1 Å². The Balaban J connectivity index is 2.69. The molecule has 0 aliphatic heterocycles. The van der Waals surface area contributed by atoms with Gasteiger partial charge in [0.25, 0.3) is 0 Å². The zero-order chi connectivity index (χ0) is 7.40. The number of hydrogen-bond donors (Lipinski definition) is 1. The van der Waals surface area contributed by atoms with Gasteiger partial charge in [-0.05, 0) is 40.2 Å². The molecule has 0 bridgehead atoms. The summed E-state index contributed by atoms with van der Waals surface area (Å²) in [5.74, 6) is 0.825. The Morgan fingerprint density at radius 3 is 2.40 bits per heavy atom. The van der Waals surface area contributed by atoms with E-state index >= 15 is 0 Å². The summed E-state index contributed by atoms with van der Waals surface area (Å²) in [5, 5.41) is 0. The smallest absolute Gasteiger partial charge is 0.143 e. The van der Waals surface area contributed by atoms with E-state index in [4.69, 9.17) is 10.5 Å². The lowest BCUT2D eigenvalue weighted by molar-refractivity contribution is 0.398. The van der Waals surface area contributed by atoms with E-state index < -0.39 is 0 Å². The zero-order valence-corrected chi connectivity index (χ0v) is 6.97. The molecule has 0 amide bonds. The number of nitrogen functional groups attached to an aromatic ring is 1. The van der Waals surface area contributed by atoms with Crippen molar-refractivity contribution < 1.29 is 4.74 Å². The van der Waals surface area contributed by atoms with Crippen molar-refractivity contribution in [1.29, 1.82) is 0 Å². The van der Waals surface area contributed by atoms with Crippen molar-refractivity contribution in [3.05, 3.63) is 24.3 Å². The Hall–Kier alpha value is -0.700. The Kier molecular flexibility index (Phi) is 2.57. The Morgan fingerprint density at radius 2 is 1.90 bits per heavy atom. The van der Waals surface area contributed by atoms with E-state index in [1.54, 1.807) is 12.1 Å². The summed E-state index contributed by atoms with van der Waals surface area (Å²) < 4.78 is 5.12. The van der Waals surface area contributed by atoms with Gasteiger partial charge in [0.15, 0.2) is 0 Å². The fourth-order valence-corrected chi connectivity index (χ4v) is 0.891. The second kappa shape index (κ2) is 3.46. The number of rotatable bonds is 2.